The fourth-order valence-corrected chi connectivity index (χ4v) is 3.04. The minimum atomic E-state index is -1.25. The Balaban J connectivity index is 2.97. The van der Waals surface area contributed by atoms with E-state index in [4.69, 9.17) is 16.6 Å². The molecule has 0 fully saturated rings. The van der Waals surface area contributed by atoms with Crippen molar-refractivity contribution in [2.24, 2.45) is 11.5 Å². The van der Waals surface area contributed by atoms with Gasteiger partial charge >= 0.3 is 5.97 Å². The number of nitrogens with two attached hydrogens (primary N) is 2. The average Bonchev–Trinajstić information content (AvgIpc) is 3.22. The van der Waals surface area contributed by atoms with E-state index >= 15 is 0 Å². The molecule has 1 rings (SSSR count). The van der Waals surface area contributed by atoms with E-state index in [1.54, 1.807) is 0 Å². The van der Waals surface area contributed by atoms with Crippen LogP contribution in [0.1, 0.15) is 25.5 Å². The zero-order valence-electron chi connectivity index (χ0n) is 17.8. The SMILES string of the molecule is CSCCC(NC(=O)C(Cc1cnc[nH]1)NC(=O)C(N)CC(N)=O)C(=O)NC(C)C(=O)O. The molecule has 0 spiro atoms. The topological polar surface area (TPSA) is 222 Å². The molecule has 178 valence electrons. The summed E-state index contributed by atoms with van der Waals surface area (Å²) < 4.78 is 0. The number of hydrogen-bond acceptors (Lipinski definition) is 8. The summed E-state index contributed by atoms with van der Waals surface area (Å²) in [5, 5.41) is 16.3. The van der Waals surface area contributed by atoms with E-state index in [2.05, 4.69) is 25.9 Å². The molecular formula is C18H29N7O6S. The third-order valence-electron chi connectivity index (χ3n) is 4.34. The first kappa shape index (κ1) is 26.9. The van der Waals surface area contributed by atoms with Gasteiger partial charge in [-0.3, -0.25) is 24.0 Å². The molecule has 14 heteroatoms. The number of carboxylic acid groups (broad SMARTS) is 1. The molecule has 1 aromatic heterocycles. The van der Waals surface area contributed by atoms with E-state index in [9.17, 15) is 24.0 Å². The van der Waals surface area contributed by atoms with Crippen LogP contribution >= 0.6 is 11.8 Å². The maximum Gasteiger partial charge on any atom is 0.325 e. The van der Waals surface area contributed by atoms with E-state index in [0.717, 1.165) is 0 Å². The molecule has 0 saturated heterocycles. The van der Waals surface area contributed by atoms with Gasteiger partial charge < -0.3 is 37.5 Å². The molecule has 0 aromatic carbocycles. The number of nitrogens with one attached hydrogen (secondary N) is 4. The van der Waals surface area contributed by atoms with Crippen LogP contribution in [-0.2, 0) is 30.4 Å². The molecule has 13 nitrogen and oxygen atoms in total. The summed E-state index contributed by atoms with van der Waals surface area (Å²) in [6.45, 7) is 1.30. The first-order valence-electron chi connectivity index (χ1n) is 9.69. The molecule has 4 atom stereocenters. The third-order valence-corrected chi connectivity index (χ3v) is 4.99. The maximum absolute atomic E-state index is 13.0. The predicted octanol–water partition coefficient (Wildman–Crippen LogP) is -2.53. The highest BCUT2D eigenvalue weighted by Gasteiger charge is 2.30. The number of primary amides is 1. The van der Waals surface area contributed by atoms with Gasteiger partial charge in [0.05, 0.1) is 18.8 Å². The highest BCUT2D eigenvalue weighted by Crippen LogP contribution is 2.05. The quantitative estimate of drug-likeness (QED) is 0.152. The molecule has 4 amide bonds. The van der Waals surface area contributed by atoms with Crippen LogP contribution in [0.15, 0.2) is 12.5 Å². The van der Waals surface area contributed by atoms with E-state index in [0.29, 0.717) is 11.4 Å². The van der Waals surface area contributed by atoms with Crippen LogP contribution in [0.4, 0.5) is 0 Å². The Morgan fingerprint density at radius 3 is 2.28 bits per heavy atom. The zero-order chi connectivity index (χ0) is 24.3. The van der Waals surface area contributed by atoms with Crippen molar-refractivity contribution in [2.75, 3.05) is 12.0 Å². The van der Waals surface area contributed by atoms with Crippen LogP contribution in [0, 0.1) is 0 Å². The zero-order valence-corrected chi connectivity index (χ0v) is 18.6. The molecule has 1 heterocycles. The second-order valence-corrected chi connectivity index (χ2v) is 8.02. The van der Waals surface area contributed by atoms with Gasteiger partial charge in [-0.25, -0.2) is 4.98 Å². The Morgan fingerprint density at radius 1 is 1.12 bits per heavy atom. The minimum absolute atomic E-state index is 0.00323. The van der Waals surface area contributed by atoms with Crippen molar-refractivity contribution in [2.45, 2.75) is 50.4 Å². The number of aromatic amines is 1. The highest BCUT2D eigenvalue weighted by atomic mass is 32.2. The Kier molecular flexibility index (Phi) is 11.2. The van der Waals surface area contributed by atoms with Crippen LogP contribution in [0.25, 0.3) is 0 Å². The summed E-state index contributed by atoms with van der Waals surface area (Å²) in [7, 11) is 0. The highest BCUT2D eigenvalue weighted by molar-refractivity contribution is 7.98. The standard InChI is InChI=1S/C18H29N7O6S/c1-9(18(30)31)23-16(28)12(3-4-32-2)24-17(29)13(5-10-7-21-8-22-10)25-15(27)11(19)6-14(20)26/h7-9,11-13H,3-6,19H2,1-2H3,(H2,20,26)(H,21,22)(H,23,28)(H,24,29)(H,25,27)(H,30,31). The van der Waals surface area contributed by atoms with Gasteiger partial charge in [-0.2, -0.15) is 11.8 Å². The largest absolute Gasteiger partial charge is 0.480 e. The molecule has 0 aliphatic carbocycles. The summed E-state index contributed by atoms with van der Waals surface area (Å²) in [6, 6.07) is -4.58. The second kappa shape index (κ2) is 13.3. The number of carboxylic acids is 1. The molecule has 1 aromatic rings. The van der Waals surface area contributed by atoms with Crippen molar-refractivity contribution in [1.29, 1.82) is 0 Å². The number of carbonyl (C=O) groups is 5. The van der Waals surface area contributed by atoms with E-state index in [-0.39, 0.29) is 12.8 Å². The molecule has 4 unspecified atom stereocenters. The van der Waals surface area contributed by atoms with Crippen molar-refractivity contribution in [3.63, 3.8) is 0 Å². The van der Waals surface area contributed by atoms with E-state index in [1.807, 2.05) is 6.26 Å². The molecule has 0 saturated carbocycles. The van der Waals surface area contributed by atoms with E-state index in [1.165, 1.54) is 31.2 Å². The van der Waals surface area contributed by atoms with Gasteiger partial charge in [-0.05, 0) is 25.4 Å². The minimum Gasteiger partial charge on any atom is -0.480 e. The van der Waals surface area contributed by atoms with Crippen molar-refractivity contribution in [3.05, 3.63) is 18.2 Å². The summed E-state index contributed by atoms with van der Waals surface area (Å²) >= 11 is 1.44. The van der Waals surface area contributed by atoms with Crippen LogP contribution in [0.5, 0.6) is 0 Å². The normalized spacial score (nSPS) is 14.5. The number of rotatable bonds is 14. The lowest BCUT2D eigenvalue weighted by molar-refractivity contribution is -0.141. The van der Waals surface area contributed by atoms with Gasteiger partial charge in [0.1, 0.15) is 18.1 Å². The summed E-state index contributed by atoms with van der Waals surface area (Å²) in [5.74, 6) is -3.61. The number of thioether (sulfide) groups is 1. The monoisotopic (exact) mass is 471 g/mol. The van der Waals surface area contributed by atoms with Gasteiger partial charge in [0.15, 0.2) is 0 Å². The number of aromatic nitrogens is 2. The molecule has 32 heavy (non-hydrogen) atoms. The number of aliphatic carboxylic acids is 1. The molecule has 0 bridgehead atoms. The molecule has 0 radical (unpaired) electrons. The Morgan fingerprint density at radius 2 is 1.75 bits per heavy atom. The Bertz CT molecular complexity index is 804. The molecule has 0 aliphatic heterocycles. The van der Waals surface area contributed by atoms with Crippen LogP contribution in [-0.4, -0.2) is 80.8 Å². The van der Waals surface area contributed by atoms with Gasteiger partial charge in [0.2, 0.25) is 23.6 Å². The van der Waals surface area contributed by atoms with Crippen LogP contribution < -0.4 is 27.4 Å². The smallest absolute Gasteiger partial charge is 0.325 e. The van der Waals surface area contributed by atoms with Gasteiger partial charge in [-0.15, -0.1) is 0 Å². The summed E-state index contributed by atoms with van der Waals surface area (Å²) in [5.41, 5.74) is 11.2. The number of amides is 4. The average molecular weight is 472 g/mol. The van der Waals surface area contributed by atoms with Gasteiger partial charge in [0.25, 0.3) is 0 Å². The lowest BCUT2D eigenvalue weighted by Gasteiger charge is -2.24. The molecular weight excluding hydrogens is 442 g/mol. The lowest BCUT2D eigenvalue weighted by Crippen LogP contribution is -2.57. The number of carbonyl (C=O) groups excluding carboxylic acids is 4. The van der Waals surface area contributed by atoms with Crippen LogP contribution in [0.3, 0.4) is 0 Å². The number of H-pyrrole nitrogens is 1. The van der Waals surface area contributed by atoms with Crippen LogP contribution in [0.2, 0.25) is 0 Å². The van der Waals surface area contributed by atoms with Crippen molar-refractivity contribution < 1.29 is 29.1 Å². The first-order chi connectivity index (χ1) is 15.0. The molecule has 0 aliphatic rings. The number of imidazole rings is 1. The van der Waals surface area contributed by atoms with Crippen molar-refractivity contribution in [3.8, 4) is 0 Å². The third kappa shape index (κ3) is 9.34. The Hall–Kier alpha value is -3.13. The fraction of sp³-hybridized carbons (Fsp3) is 0.556. The summed E-state index contributed by atoms with van der Waals surface area (Å²) in [4.78, 5) is 66.5. The van der Waals surface area contributed by atoms with Crippen molar-refractivity contribution in [1.82, 2.24) is 25.9 Å². The number of hydrogen-bond donors (Lipinski definition) is 7. The maximum atomic E-state index is 13.0. The van der Waals surface area contributed by atoms with Gasteiger partial charge in [0, 0.05) is 18.3 Å². The number of nitrogens with zero attached hydrogens (tertiary/aromatic N) is 1. The summed E-state index contributed by atoms with van der Waals surface area (Å²) in [6.07, 6.45) is 4.50. The van der Waals surface area contributed by atoms with Crippen molar-refractivity contribution >= 4 is 41.4 Å². The second-order valence-electron chi connectivity index (χ2n) is 7.03. The lowest BCUT2D eigenvalue weighted by atomic mass is 10.1. The molecule has 9 N–H and O–H groups in total. The first-order valence-corrected chi connectivity index (χ1v) is 11.1. The fourth-order valence-electron chi connectivity index (χ4n) is 2.57. The van der Waals surface area contributed by atoms with E-state index < -0.39 is 60.2 Å². The predicted molar refractivity (Wildman–Crippen MR) is 116 cm³/mol. The Labute approximate surface area is 188 Å². The van der Waals surface area contributed by atoms with Gasteiger partial charge in [-0.1, -0.05) is 0 Å².